The molecule has 0 aromatic heterocycles. The van der Waals surface area contributed by atoms with Crippen LogP contribution in [0.25, 0.3) is 0 Å². The lowest BCUT2D eigenvalue weighted by Crippen LogP contribution is -2.23. The maximum absolute atomic E-state index is 10.0. The zero-order chi connectivity index (χ0) is 9.36. The Labute approximate surface area is 79.4 Å². The van der Waals surface area contributed by atoms with E-state index in [1.165, 1.54) is 0 Å². The van der Waals surface area contributed by atoms with Gasteiger partial charge < -0.3 is 14.3 Å². The zero-order valence-corrected chi connectivity index (χ0v) is 8.04. The Balaban J connectivity index is 1.89. The molecule has 3 nitrogen and oxygen atoms in total. The number of hydrogen-bond donors (Lipinski definition) is 0. The summed E-state index contributed by atoms with van der Waals surface area (Å²) in [5.74, 6) is 0. The predicted octanol–water partition coefficient (Wildman–Crippen LogP) is 1.55. The second-order valence-corrected chi connectivity index (χ2v) is 3.34. The number of rotatable bonds is 6. The Bertz CT molecular complexity index is 130. The van der Waals surface area contributed by atoms with Gasteiger partial charge in [-0.1, -0.05) is 0 Å². The molecule has 1 rings (SSSR count). The number of aldehydes is 1. The van der Waals surface area contributed by atoms with Crippen molar-refractivity contribution in [3.8, 4) is 0 Å². The largest absolute Gasteiger partial charge is 0.381 e. The van der Waals surface area contributed by atoms with Crippen LogP contribution in [0.15, 0.2) is 0 Å². The standard InChI is InChI=1S/C10H18O3/c11-6-2-1-3-7-13-10-4-8-12-9-5-10/h6,10H,1-5,7-9H2. The van der Waals surface area contributed by atoms with Gasteiger partial charge in [-0.15, -0.1) is 0 Å². The van der Waals surface area contributed by atoms with Crippen molar-refractivity contribution in [1.29, 1.82) is 0 Å². The number of unbranched alkanes of at least 4 members (excludes halogenated alkanes) is 2. The van der Waals surface area contributed by atoms with Crippen LogP contribution in [0.5, 0.6) is 0 Å². The van der Waals surface area contributed by atoms with E-state index in [9.17, 15) is 4.79 Å². The lowest BCUT2D eigenvalue weighted by Gasteiger charge is -2.22. The van der Waals surface area contributed by atoms with Crippen LogP contribution in [0, 0.1) is 0 Å². The fraction of sp³-hybridized carbons (Fsp3) is 0.900. The molecule has 0 radical (unpaired) electrons. The quantitative estimate of drug-likeness (QED) is 0.466. The molecule has 1 fully saturated rings. The molecule has 1 heterocycles. The van der Waals surface area contributed by atoms with Crippen molar-refractivity contribution in [3.63, 3.8) is 0 Å². The Hall–Kier alpha value is -0.410. The van der Waals surface area contributed by atoms with Gasteiger partial charge in [0.2, 0.25) is 0 Å². The third-order valence-electron chi connectivity index (χ3n) is 2.24. The van der Waals surface area contributed by atoms with Gasteiger partial charge in [-0.2, -0.15) is 0 Å². The minimum atomic E-state index is 0.394. The average Bonchev–Trinajstić information content (AvgIpc) is 2.19. The topological polar surface area (TPSA) is 35.5 Å². The van der Waals surface area contributed by atoms with Gasteiger partial charge in [0.05, 0.1) is 6.10 Å². The Morgan fingerprint density at radius 1 is 1.31 bits per heavy atom. The molecule has 0 unspecified atom stereocenters. The average molecular weight is 186 g/mol. The molecular formula is C10H18O3. The molecule has 13 heavy (non-hydrogen) atoms. The normalized spacial score (nSPS) is 18.8. The van der Waals surface area contributed by atoms with Gasteiger partial charge in [-0.3, -0.25) is 0 Å². The predicted molar refractivity (Wildman–Crippen MR) is 49.7 cm³/mol. The van der Waals surface area contributed by atoms with Crippen molar-refractivity contribution in [2.24, 2.45) is 0 Å². The maximum atomic E-state index is 10.0. The highest BCUT2D eigenvalue weighted by molar-refractivity contribution is 5.48. The van der Waals surface area contributed by atoms with Crippen molar-refractivity contribution in [2.45, 2.75) is 38.2 Å². The van der Waals surface area contributed by atoms with Crippen molar-refractivity contribution in [1.82, 2.24) is 0 Å². The fourth-order valence-corrected chi connectivity index (χ4v) is 1.42. The van der Waals surface area contributed by atoms with E-state index < -0.39 is 0 Å². The van der Waals surface area contributed by atoms with E-state index in [0.29, 0.717) is 12.5 Å². The summed E-state index contributed by atoms with van der Waals surface area (Å²) in [5, 5.41) is 0. The Kier molecular flexibility index (Phi) is 5.78. The second kappa shape index (κ2) is 7.04. The number of carbonyl (C=O) groups excluding carboxylic acids is 1. The van der Waals surface area contributed by atoms with Gasteiger partial charge >= 0.3 is 0 Å². The van der Waals surface area contributed by atoms with Crippen LogP contribution in [0.2, 0.25) is 0 Å². The van der Waals surface area contributed by atoms with Gasteiger partial charge in [-0.05, 0) is 25.7 Å². The van der Waals surface area contributed by atoms with Crippen LogP contribution < -0.4 is 0 Å². The highest BCUT2D eigenvalue weighted by atomic mass is 16.5. The molecule has 0 N–H and O–H groups in total. The van der Waals surface area contributed by atoms with Crippen molar-refractivity contribution in [2.75, 3.05) is 19.8 Å². The third kappa shape index (κ3) is 5.01. The lowest BCUT2D eigenvalue weighted by molar-refractivity contribution is -0.108. The monoisotopic (exact) mass is 186 g/mol. The van der Waals surface area contributed by atoms with Gasteiger partial charge in [0.1, 0.15) is 6.29 Å². The van der Waals surface area contributed by atoms with E-state index >= 15 is 0 Å². The molecule has 0 bridgehead atoms. The van der Waals surface area contributed by atoms with Crippen LogP contribution >= 0.6 is 0 Å². The molecule has 3 heteroatoms. The molecule has 1 aliphatic rings. The van der Waals surface area contributed by atoms with E-state index in [0.717, 1.165) is 51.8 Å². The van der Waals surface area contributed by atoms with E-state index in [1.807, 2.05) is 0 Å². The van der Waals surface area contributed by atoms with E-state index in [1.54, 1.807) is 0 Å². The first-order valence-electron chi connectivity index (χ1n) is 5.06. The number of carbonyl (C=O) groups is 1. The number of ether oxygens (including phenoxy) is 2. The molecular weight excluding hydrogens is 168 g/mol. The van der Waals surface area contributed by atoms with Gasteiger partial charge in [0.25, 0.3) is 0 Å². The molecule has 0 aromatic carbocycles. The maximum Gasteiger partial charge on any atom is 0.119 e. The molecule has 76 valence electrons. The summed E-state index contributed by atoms with van der Waals surface area (Å²) in [4.78, 5) is 10.0. The summed E-state index contributed by atoms with van der Waals surface area (Å²) < 4.78 is 10.9. The van der Waals surface area contributed by atoms with Crippen LogP contribution in [-0.4, -0.2) is 32.2 Å². The van der Waals surface area contributed by atoms with E-state index in [2.05, 4.69) is 0 Å². The van der Waals surface area contributed by atoms with Gasteiger partial charge in [0.15, 0.2) is 0 Å². The Morgan fingerprint density at radius 2 is 2.08 bits per heavy atom. The highest BCUT2D eigenvalue weighted by Crippen LogP contribution is 2.11. The third-order valence-corrected chi connectivity index (χ3v) is 2.24. The minimum absolute atomic E-state index is 0.394. The molecule has 0 aliphatic carbocycles. The van der Waals surface area contributed by atoms with Crippen molar-refractivity contribution in [3.05, 3.63) is 0 Å². The fourth-order valence-electron chi connectivity index (χ4n) is 1.42. The van der Waals surface area contributed by atoms with E-state index in [-0.39, 0.29) is 0 Å². The molecule has 0 aromatic rings. The number of hydrogen-bond acceptors (Lipinski definition) is 3. The molecule has 0 atom stereocenters. The summed E-state index contributed by atoms with van der Waals surface area (Å²) >= 11 is 0. The van der Waals surface area contributed by atoms with Crippen LogP contribution in [-0.2, 0) is 14.3 Å². The lowest BCUT2D eigenvalue weighted by atomic mass is 10.1. The molecule has 1 aliphatic heterocycles. The van der Waals surface area contributed by atoms with Crippen molar-refractivity contribution < 1.29 is 14.3 Å². The molecule has 0 amide bonds. The van der Waals surface area contributed by atoms with Crippen LogP contribution in [0.4, 0.5) is 0 Å². The highest BCUT2D eigenvalue weighted by Gasteiger charge is 2.13. The van der Waals surface area contributed by atoms with Crippen LogP contribution in [0.3, 0.4) is 0 Å². The summed E-state index contributed by atoms with van der Waals surface area (Å²) in [6, 6.07) is 0. The van der Waals surface area contributed by atoms with Crippen LogP contribution in [0.1, 0.15) is 32.1 Å². The summed E-state index contributed by atoms with van der Waals surface area (Å²) in [7, 11) is 0. The molecule has 0 saturated carbocycles. The minimum Gasteiger partial charge on any atom is -0.381 e. The van der Waals surface area contributed by atoms with Crippen molar-refractivity contribution >= 4 is 6.29 Å². The Morgan fingerprint density at radius 3 is 2.77 bits per heavy atom. The first-order valence-corrected chi connectivity index (χ1v) is 5.06. The molecule has 0 spiro atoms. The second-order valence-electron chi connectivity index (χ2n) is 3.34. The van der Waals surface area contributed by atoms with Gasteiger partial charge in [0, 0.05) is 26.2 Å². The smallest absolute Gasteiger partial charge is 0.119 e. The molecule has 1 saturated heterocycles. The summed E-state index contributed by atoms with van der Waals surface area (Å²) in [5.41, 5.74) is 0. The summed E-state index contributed by atoms with van der Waals surface area (Å²) in [6.45, 7) is 2.45. The summed E-state index contributed by atoms with van der Waals surface area (Å²) in [6.07, 6.45) is 6.01. The van der Waals surface area contributed by atoms with E-state index in [4.69, 9.17) is 9.47 Å². The van der Waals surface area contributed by atoms with Gasteiger partial charge in [-0.25, -0.2) is 0 Å². The SMILES string of the molecule is O=CCCCCOC1CCOCC1. The first kappa shape index (κ1) is 10.7. The first-order chi connectivity index (χ1) is 6.43. The zero-order valence-electron chi connectivity index (χ0n) is 8.04.